The molecule has 0 spiro atoms. The number of nitrogens with one attached hydrogen (secondary N) is 1. The van der Waals surface area contributed by atoms with Crippen LogP contribution in [0.3, 0.4) is 0 Å². The van der Waals surface area contributed by atoms with Crippen molar-refractivity contribution in [2.75, 3.05) is 26.2 Å². The fraction of sp³-hybridized carbons (Fsp3) is 0.692. The Morgan fingerprint density at radius 3 is 2.21 bits per heavy atom. The quantitative estimate of drug-likeness (QED) is 0.895. The van der Waals surface area contributed by atoms with Crippen molar-refractivity contribution in [2.24, 2.45) is 5.41 Å². The van der Waals surface area contributed by atoms with E-state index in [1.54, 1.807) is 0 Å². The average Bonchev–Trinajstić information content (AvgIpc) is 2.64. The van der Waals surface area contributed by atoms with Crippen LogP contribution in [0.4, 0.5) is 0 Å². The molecule has 0 radical (unpaired) electrons. The fourth-order valence-corrected chi connectivity index (χ4v) is 2.72. The molecule has 1 atom stereocenters. The Labute approximate surface area is 132 Å². The van der Waals surface area contributed by atoms with Crippen molar-refractivity contribution in [3.05, 3.63) is 23.1 Å². The van der Waals surface area contributed by atoms with Crippen molar-refractivity contribution >= 4 is 36.4 Å². The summed E-state index contributed by atoms with van der Waals surface area (Å²) in [7, 11) is 0. The van der Waals surface area contributed by atoms with Gasteiger partial charge in [-0.25, -0.2) is 0 Å². The molecule has 3 nitrogen and oxygen atoms in total. The lowest BCUT2D eigenvalue weighted by atomic mass is 9.84. The van der Waals surface area contributed by atoms with Crippen molar-refractivity contribution in [2.45, 2.75) is 26.8 Å². The molecule has 1 aliphatic heterocycles. The second kappa shape index (κ2) is 7.75. The van der Waals surface area contributed by atoms with Crippen molar-refractivity contribution < 1.29 is 4.42 Å². The normalized spacial score (nSPS) is 18.3. The van der Waals surface area contributed by atoms with Gasteiger partial charge in [0.25, 0.3) is 0 Å². The van der Waals surface area contributed by atoms with Crippen LogP contribution in [-0.2, 0) is 0 Å². The lowest BCUT2D eigenvalue weighted by Crippen LogP contribution is -2.48. The van der Waals surface area contributed by atoms with Gasteiger partial charge in [0.2, 0.25) is 0 Å². The smallest absolute Gasteiger partial charge is 0.193 e. The minimum atomic E-state index is 0. The summed E-state index contributed by atoms with van der Waals surface area (Å²) >= 11 is 5.90. The largest absolute Gasteiger partial charge is 0.448 e. The highest BCUT2D eigenvalue weighted by Gasteiger charge is 2.34. The third-order valence-electron chi connectivity index (χ3n) is 3.20. The molecule has 19 heavy (non-hydrogen) atoms. The molecule has 2 rings (SSSR count). The van der Waals surface area contributed by atoms with Gasteiger partial charge in [0.15, 0.2) is 5.22 Å². The van der Waals surface area contributed by atoms with Gasteiger partial charge in [-0.2, -0.15) is 0 Å². The number of nitrogens with zero attached hydrogens (tertiary/aromatic N) is 1. The number of hydrogen-bond acceptors (Lipinski definition) is 3. The van der Waals surface area contributed by atoms with Crippen molar-refractivity contribution in [1.29, 1.82) is 0 Å². The highest BCUT2D eigenvalue weighted by molar-refractivity contribution is 6.28. The van der Waals surface area contributed by atoms with E-state index in [1.165, 1.54) is 0 Å². The maximum atomic E-state index is 5.90. The molecule has 112 valence electrons. The van der Waals surface area contributed by atoms with Crippen LogP contribution in [-0.4, -0.2) is 31.1 Å². The number of halogens is 3. The summed E-state index contributed by atoms with van der Waals surface area (Å²) in [5, 5.41) is 3.86. The third-order valence-corrected chi connectivity index (χ3v) is 3.40. The number of hydrogen-bond donors (Lipinski definition) is 1. The van der Waals surface area contributed by atoms with E-state index < -0.39 is 0 Å². The highest BCUT2D eigenvalue weighted by atomic mass is 35.5. The molecule has 1 aromatic rings. The Hall–Kier alpha value is 0.0700. The first kappa shape index (κ1) is 19.1. The Kier molecular flexibility index (Phi) is 7.78. The third kappa shape index (κ3) is 4.83. The van der Waals surface area contributed by atoms with Crippen LogP contribution >= 0.6 is 36.4 Å². The van der Waals surface area contributed by atoms with Crippen LogP contribution in [0.15, 0.2) is 16.5 Å². The Balaban J connectivity index is 0.00000162. The maximum absolute atomic E-state index is 5.90. The van der Waals surface area contributed by atoms with E-state index >= 15 is 0 Å². The molecule has 0 bridgehead atoms. The molecule has 2 heterocycles. The van der Waals surface area contributed by atoms with E-state index in [4.69, 9.17) is 16.0 Å². The molecule has 0 saturated carbocycles. The molecule has 1 aliphatic rings. The molecule has 1 saturated heterocycles. The van der Waals surface area contributed by atoms with E-state index in [0.29, 0.717) is 5.22 Å². The monoisotopic (exact) mass is 328 g/mol. The Morgan fingerprint density at radius 1 is 1.21 bits per heavy atom. The van der Waals surface area contributed by atoms with E-state index in [-0.39, 0.29) is 36.3 Å². The van der Waals surface area contributed by atoms with Gasteiger partial charge < -0.3 is 9.73 Å². The predicted molar refractivity (Wildman–Crippen MR) is 84.9 cm³/mol. The molecule has 0 aliphatic carbocycles. The second-order valence-electron chi connectivity index (χ2n) is 5.70. The summed E-state index contributed by atoms with van der Waals surface area (Å²) in [6.45, 7) is 10.9. The number of furan rings is 1. The SMILES string of the molecule is CC(C)(C)[C@H](c1ccc(Cl)o1)N1CCNCC1.Cl.Cl. The van der Waals surface area contributed by atoms with Crippen LogP contribution in [0.1, 0.15) is 32.6 Å². The Morgan fingerprint density at radius 2 is 1.79 bits per heavy atom. The van der Waals surface area contributed by atoms with Gasteiger partial charge >= 0.3 is 0 Å². The van der Waals surface area contributed by atoms with Gasteiger partial charge in [0.1, 0.15) is 5.76 Å². The summed E-state index contributed by atoms with van der Waals surface area (Å²) in [5.41, 5.74) is 0.137. The molecular formula is C13H23Cl3N2O. The highest BCUT2D eigenvalue weighted by Crippen LogP contribution is 2.39. The molecule has 1 fully saturated rings. The summed E-state index contributed by atoms with van der Waals surface area (Å²) in [6.07, 6.45) is 0. The van der Waals surface area contributed by atoms with Crippen molar-refractivity contribution in [3.63, 3.8) is 0 Å². The fourth-order valence-electron chi connectivity index (χ4n) is 2.57. The second-order valence-corrected chi connectivity index (χ2v) is 6.07. The van der Waals surface area contributed by atoms with E-state index in [0.717, 1.165) is 31.9 Å². The summed E-state index contributed by atoms with van der Waals surface area (Å²) < 4.78 is 5.63. The topological polar surface area (TPSA) is 28.4 Å². The first-order valence-electron chi connectivity index (χ1n) is 6.18. The van der Waals surface area contributed by atoms with Gasteiger partial charge in [0, 0.05) is 26.2 Å². The minimum absolute atomic E-state index is 0. The van der Waals surface area contributed by atoms with E-state index in [2.05, 4.69) is 31.0 Å². The van der Waals surface area contributed by atoms with Gasteiger partial charge in [0.05, 0.1) is 6.04 Å². The van der Waals surface area contributed by atoms with Crippen LogP contribution in [0.2, 0.25) is 5.22 Å². The average molecular weight is 330 g/mol. The van der Waals surface area contributed by atoms with Crippen molar-refractivity contribution in [1.82, 2.24) is 10.2 Å². The number of piperazine rings is 1. The minimum Gasteiger partial charge on any atom is -0.448 e. The van der Waals surface area contributed by atoms with Crippen LogP contribution in [0, 0.1) is 5.41 Å². The lowest BCUT2D eigenvalue weighted by Gasteiger charge is -2.41. The lowest BCUT2D eigenvalue weighted by molar-refractivity contribution is 0.0698. The van der Waals surface area contributed by atoms with Gasteiger partial charge in [-0.1, -0.05) is 20.8 Å². The first-order chi connectivity index (χ1) is 7.98. The predicted octanol–water partition coefficient (Wildman–Crippen LogP) is 3.77. The maximum Gasteiger partial charge on any atom is 0.193 e. The zero-order chi connectivity index (χ0) is 12.5. The first-order valence-corrected chi connectivity index (χ1v) is 6.56. The van der Waals surface area contributed by atoms with Crippen LogP contribution in [0.5, 0.6) is 0 Å². The number of rotatable bonds is 2. The Bertz CT molecular complexity index is 370. The van der Waals surface area contributed by atoms with Gasteiger partial charge in [-0.15, -0.1) is 24.8 Å². The molecule has 1 N–H and O–H groups in total. The molecule has 6 heteroatoms. The van der Waals surface area contributed by atoms with Crippen LogP contribution < -0.4 is 5.32 Å². The van der Waals surface area contributed by atoms with E-state index in [9.17, 15) is 0 Å². The molecule has 1 aromatic heterocycles. The molecular weight excluding hydrogens is 307 g/mol. The zero-order valence-electron chi connectivity index (χ0n) is 11.6. The van der Waals surface area contributed by atoms with Crippen LogP contribution in [0.25, 0.3) is 0 Å². The summed E-state index contributed by atoms with van der Waals surface area (Å²) in [6, 6.07) is 4.12. The van der Waals surface area contributed by atoms with Gasteiger partial charge in [-0.05, 0) is 29.1 Å². The van der Waals surface area contributed by atoms with E-state index in [1.807, 2.05) is 12.1 Å². The van der Waals surface area contributed by atoms with Crippen molar-refractivity contribution in [3.8, 4) is 0 Å². The molecule has 0 amide bonds. The molecule has 0 aromatic carbocycles. The van der Waals surface area contributed by atoms with Gasteiger partial charge in [-0.3, -0.25) is 4.90 Å². The zero-order valence-corrected chi connectivity index (χ0v) is 14.0. The standard InChI is InChI=1S/C13H21ClN2O.2ClH/c1-13(2,3)12(10-4-5-11(14)17-10)16-8-6-15-7-9-16;;/h4-5,12,15H,6-9H2,1-3H3;2*1H/t12-;;/m0../s1. The summed E-state index contributed by atoms with van der Waals surface area (Å²) in [5.74, 6) is 0.976. The summed E-state index contributed by atoms with van der Waals surface area (Å²) in [4.78, 5) is 2.48. The molecule has 0 unspecified atom stereocenters.